The van der Waals surface area contributed by atoms with Gasteiger partial charge in [0.05, 0.1) is 18.2 Å². The monoisotopic (exact) mass is 204 g/mol. The normalized spacial score (nSPS) is 9.13. The second kappa shape index (κ2) is 5.01. The number of ether oxygens (including phenoxy) is 1. The summed E-state index contributed by atoms with van der Waals surface area (Å²) in [6.45, 7) is 2.08. The Labute approximate surface area is 88.7 Å². The van der Waals surface area contributed by atoms with Gasteiger partial charge in [0, 0.05) is 12.7 Å². The molecule has 0 radical (unpaired) electrons. The van der Waals surface area contributed by atoms with Gasteiger partial charge in [-0.3, -0.25) is 4.90 Å². The lowest BCUT2D eigenvalue weighted by Crippen LogP contribution is -2.26. The SMILES string of the molecule is CCOC(=O)N(C)c1cccc(C#N)c1. The summed E-state index contributed by atoms with van der Waals surface area (Å²) in [7, 11) is 1.61. The van der Waals surface area contributed by atoms with E-state index in [-0.39, 0.29) is 0 Å². The van der Waals surface area contributed by atoms with E-state index in [2.05, 4.69) is 0 Å². The van der Waals surface area contributed by atoms with Gasteiger partial charge in [-0.05, 0) is 25.1 Å². The molecule has 0 spiro atoms. The highest BCUT2D eigenvalue weighted by molar-refractivity contribution is 5.87. The van der Waals surface area contributed by atoms with Gasteiger partial charge in [-0.1, -0.05) is 6.07 Å². The van der Waals surface area contributed by atoms with E-state index in [9.17, 15) is 4.79 Å². The molecular weight excluding hydrogens is 192 g/mol. The highest BCUT2D eigenvalue weighted by Gasteiger charge is 2.11. The van der Waals surface area contributed by atoms with Crippen molar-refractivity contribution in [2.24, 2.45) is 0 Å². The first kappa shape index (κ1) is 11.1. The molecule has 1 rings (SSSR count). The molecule has 4 heteroatoms. The molecule has 0 bridgehead atoms. The zero-order valence-electron chi connectivity index (χ0n) is 8.73. The summed E-state index contributed by atoms with van der Waals surface area (Å²) in [6, 6.07) is 8.81. The standard InChI is InChI=1S/C11H12N2O2/c1-3-15-11(14)13(2)10-6-4-5-9(7-10)8-12/h4-7H,3H2,1-2H3. The molecule has 1 aromatic rings. The van der Waals surface area contributed by atoms with Crippen LogP contribution in [0.5, 0.6) is 0 Å². The first-order valence-electron chi connectivity index (χ1n) is 4.59. The number of benzene rings is 1. The number of hydrogen-bond acceptors (Lipinski definition) is 3. The number of carbonyl (C=O) groups excluding carboxylic acids is 1. The lowest BCUT2D eigenvalue weighted by Gasteiger charge is -2.16. The van der Waals surface area contributed by atoms with Crippen molar-refractivity contribution < 1.29 is 9.53 Å². The number of amides is 1. The minimum atomic E-state index is -0.424. The molecule has 0 saturated carbocycles. The van der Waals surface area contributed by atoms with E-state index in [1.807, 2.05) is 6.07 Å². The van der Waals surface area contributed by atoms with Gasteiger partial charge in [0.25, 0.3) is 0 Å². The molecule has 0 aliphatic rings. The molecule has 1 amide bonds. The largest absolute Gasteiger partial charge is 0.449 e. The number of hydrogen-bond donors (Lipinski definition) is 0. The topological polar surface area (TPSA) is 53.3 Å². The molecule has 0 unspecified atom stereocenters. The maximum absolute atomic E-state index is 11.4. The van der Waals surface area contributed by atoms with E-state index in [4.69, 9.17) is 10.00 Å². The molecule has 0 fully saturated rings. The third kappa shape index (κ3) is 2.71. The first-order chi connectivity index (χ1) is 7.19. The number of anilines is 1. The van der Waals surface area contributed by atoms with Gasteiger partial charge in [0.1, 0.15) is 0 Å². The average Bonchev–Trinajstić information content (AvgIpc) is 2.28. The molecule has 0 heterocycles. The summed E-state index contributed by atoms with van der Waals surface area (Å²) in [5.74, 6) is 0. The van der Waals surface area contributed by atoms with Crippen LogP contribution >= 0.6 is 0 Å². The highest BCUT2D eigenvalue weighted by Crippen LogP contribution is 2.14. The van der Waals surface area contributed by atoms with Crippen LogP contribution in [-0.4, -0.2) is 19.7 Å². The summed E-state index contributed by atoms with van der Waals surface area (Å²) >= 11 is 0. The molecular formula is C11H12N2O2. The Morgan fingerprint density at radius 1 is 1.60 bits per heavy atom. The van der Waals surface area contributed by atoms with Crippen molar-refractivity contribution in [3.05, 3.63) is 29.8 Å². The Kier molecular flexibility index (Phi) is 3.69. The number of nitriles is 1. The Morgan fingerprint density at radius 2 is 2.33 bits per heavy atom. The van der Waals surface area contributed by atoms with Crippen molar-refractivity contribution in [3.63, 3.8) is 0 Å². The molecule has 0 aromatic heterocycles. The van der Waals surface area contributed by atoms with Crippen LogP contribution in [0.3, 0.4) is 0 Å². The summed E-state index contributed by atoms with van der Waals surface area (Å²) in [5.41, 5.74) is 1.16. The zero-order chi connectivity index (χ0) is 11.3. The van der Waals surface area contributed by atoms with Crippen LogP contribution in [0.15, 0.2) is 24.3 Å². The van der Waals surface area contributed by atoms with Crippen LogP contribution in [0.2, 0.25) is 0 Å². The van der Waals surface area contributed by atoms with Crippen LogP contribution < -0.4 is 4.90 Å². The fourth-order valence-corrected chi connectivity index (χ4v) is 1.11. The molecule has 15 heavy (non-hydrogen) atoms. The molecule has 0 aliphatic carbocycles. The molecule has 4 nitrogen and oxygen atoms in total. The van der Waals surface area contributed by atoms with Crippen molar-refractivity contribution in [1.29, 1.82) is 5.26 Å². The van der Waals surface area contributed by atoms with E-state index in [1.165, 1.54) is 4.90 Å². The van der Waals surface area contributed by atoms with Crippen LogP contribution in [0, 0.1) is 11.3 Å². The van der Waals surface area contributed by atoms with Gasteiger partial charge < -0.3 is 4.74 Å². The predicted octanol–water partition coefficient (Wildman–Crippen LogP) is 2.15. The molecule has 0 saturated heterocycles. The third-order valence-corrected chi connectivity index (χ3v) is 1.90. The summed E-state index contributed by atoms with van der Waals surface area (Å²) in [4.78, 5) is 12.7. The van der Waals surface area contributed by atoms with Crippen molar-refractivity contribution in [2.45, 2.75) is 6.92 Å². The lowest BCUT2D eigenvalue weighted by molar-refractivity contribution is 0.161. The molecule has 78 valence electrons. The summed E-state index contributed by atoms with van der Waals surface area (Å²) < 4.78 is 4.84. The van der Waals surface area contributed by atoms with Gasteiger partial charge in [0.15, 0.2) is 0 Å². The fourth-order valence-electron chi connectivity index (χ4n) is 1.11. The van der Waals surface area contributed by atoms with Gasteiger partial charge in [0.2, 0.25) is 0 Å². The van der Waals surface area contributed by atoms with Crippen molar-refractivity contribution >= 4 is 11.8 Å². The zero-order valence-corrected chi connectivity index (χ0v) is 8.73. The van der Waals surface area contributed by atoms with Gasteiger partial charge in [-0.15, -0.1) is 0 Å². The smallest absolute Gasteiger partial charge is 0.413 e. The van der Waals surface area contributed by atoms with E-state index in [1.54, 1.807) is 38.2 Å². The van der Waals surface area contributed by atoms with Gasteiger partial charge >= 0.3 is 6.09 Å². The fraction of sp³-hybridized carbons (Fsp3) is 0.273. The quantitative estimate of drug-likeness (QED) is 0.741. The average molecular weight is 204 g/mol. The number of nitrogens with zero attached hydrogens (tertiary/aromatic N) is 2. The minimum Gasteiger partial charge on any atom is -0.449 e. The molecule has 1 aromatic carbocycles. The highest BCUT2D eigenvalue weighted by atomic mass is 16.6. The van der Waals surface area contributed by atoms with Crippen LogP contribution in [0.1, 0.15) is 12.5 Å². The van der Waals surface area contributed by atoms with Crippen molar-refractivity contribution in [1.82, 2.24) is 0 Å². The predicted molar refractivity (Wildman–Crippen MR) is 56.6 cm³/mol. The minimum absolute atomic E-state index is 0.334. The van der Waals surface area contributed by atoms with E-state index >= 15 is 0 Å². The Hall–Kier alpha value is -2.02. The second-order valence-electron chi connectivity index (χ2n) is 2.92. The summed E-state index contributed by atoms with van der Waals surface area (Å²) in [6.07, 6.45) is -0.424. The van der Waals surface area contributed by atoms with Crippen LogP contribution in [-0.2, 0) is 4.74 Å². The Morgan fingerprint density at radius 3 is 2.93 bits per heavy atom. The maximum Gasteiger partial charge on any atom is 0.413 e. The number of carbonyl (C=O) groups is 1. The maximum atomic E-state index is 11.4. The van der Waals surface area contributed by atoms with Crippen LogP contribution in [0.25, 0.3) is 0 Å². The Bertz CT molecular complexity index is 396. The van der Waals surface area contributed by atoms with Gasteiger partial charge in [-0.25, -0.2) is 4.79 Å². The number of rotatable bonds is 2. The van der Waals surface area contributed by atoms with E-state index < -0.39 is 6.09 Å². The molecule has 0 aliphatic heterocycles. The van der Waals surface area contributed by atoms with Crippen molar-refractivity contribution in [2.75, 3.05) is 18.6 Å². The van der Waals surface area contributed by atoms with E-state index in [0.29, 0.717) is 17.9 Å². The second-order valence-corrected chi connectivity index (χ2v) is 2.92. The first-order valence-corrected chi connectivity index (χ1v) is 4.59. The molecule has 0 atom stereocenters. The van der Waals surface area contributed by atoms with Gasteiger partial charge in [-0.2, -0.15) is 5.26 Å². The summed E-state index contributed by atoms with van der Waals surface area (Å²) in [5, 5.41) is 8.70. The molecule has 0 N–H and O–H groups in total. The van der Waals surface area contributed by atoms with Crippen molar-refractivity contribution in [3.8, 4) is 6.07 Å². The van der Waals surface area contributed by atoms with Crippen LogP contribution in [0.4, 0.5) is 10.5 Å². The lowest BCUT2D eigenvalue weighted by atomic mass is 10.2. The van der Waals surface area contributed by atoms with E-state index in [0.717, 1.165) is 0 Å². The third-order valence-electron chi connectivity index (χ3n) is 1.90. The Balaban J connectivity index is 2.87.